The Bertz CT molecular complexity index is 955. The van der Waals surface area contributed by atoms with Crippen molar-refractivity contribution in [1.82, 2.24) is 5.32 Å². The van der Waals surface area contributed by atoms with E-state index in [1.807, 2.05) is 0 Å². The van der Waals surface area contributed by atoms with Crippen LogP contribution in [0.5, 0.6) is 23.0 Å². The van der Waals surface area contributed by atoms with Crippen molar-refractivity contribution in [3.63, 3.8) is 0 Å². The molecule has 1 amide bonds. The highest BCUT2D eigenvalue weighted by molar-refractivity contribution is 5.95. The molecule has 2 rings (SSSR count). The van der Waals surface area contributed by atoms with Gasteiger partial charge in [0.1, 0.15) is 0 Å². The van der Waals surface area contributed by atoms with Crippen LogP contribution in [0.3, 0.4) is 0 Å². The molecule has 0 fully saturated rings. The molecule has 0 heterocycles. The van der Waals surface area contributed by atoms with E-state index >= 15 is 0 Å². The molecule has 2 aromatic rings. The fourth-order valence-corrected chi connectivity index (χ4v) is 3.22. The monoisotopic (exact) mass is 429 g/mol. The highest BCUT2D eigenvalue weighted by Crippen LogP contribution is 2.34. The number of hydrogen-bond acceptors (Lipinski definition) is 6. The second-order valence-corrected chi connectivity index (χ2v) is 6.60. The number of carboxylic acids is 1. The van der Waals surface area contributed by atoms with Crippen LogP contribution in [0.15, 0.2) is 43.0 Å². The largest absolute Gasteiger partial charge is 0.493 e. The SMILES string of the molecule is C=CCc1cc(C(=O)N[C@@H](CC(=O)O)c2ccc(OC)c(OC)c2)cc(OC)c1OC. The lowest BCUT2D eigenvalue weighted by Gasteiger charge is -2.20. The van der Waals surface area contributed by atoms with E-state index in [1.165, 1.54) is 28.4 Å². The number of benzene rings is 2. The van der Waals surface area contributed by atoms with E-state index in [-0.39, 0.29) is 6.42 Å². The molecule has 0 saturated carbocycles. The number of carbonyl (C=O) groups excluding carboxylic acids is 1. The first-order valence-corrected chi connectivity index (χ1v) is 9.48. The molecule has 166 valence electrons. The van der Waals surface area contributed by atoms with Crippen molar-refractivity contribution < 1.29 is 33.6 Å². The zero-order valence-electron chi connectivity index (χ0n) is 18.1. The third-order valence-electron chi connectivity index (χ3n) is 4.68. The lowest BCUT2D eigenvalue weighted by atomic mass is 10.0. The lowest BCUT2D eigenvalue weighted by Crippen LogP contribution is -2.30. The van der Waals surface area contributed by atoms with Crippen LogP contribution in [0.25, 0.3) is 0 Å². The first kappa shape index (κ1) is 23.6. The van der Waals surface area contributed by atoms with E-state index in [2.05, 4.69) is 11.9 Å². The van der Waals surface area contributed by atoms with E-state index in [0.29, 0.717) is 40.5 Å². The van der Waals surface area contributed by atoms with Gasteiger partial charge in [0, 0.05) is 11.1 Å². The quantitative estimate of drug-likeness (QED) is 0.528. The van der Waals surface area contributed by atoms with Gasteiger partial charge in [-0.15, -0.1) is 6.58 Å². The summed E-state index contributed by atoms with van der Waals surface area (Å²) in [7, 11) is 5.99. The molecule has 0 aliphatic carbocycles. The maximum Gasteiger partial charge on any atom is 0.305 e. The van der Waals surface area contributed by atoms with Crippen LogP contribution in [0, 0.1) is 0 Å². The van der Waals surface area contributed by atoms with E-state index < -0.39 is 17.9 Å². The number of nitrogens with one attached hydrogen (secondary N) is 1. The Balaban J connectivity index is 2.42. The average molecular weight is 429 g/mol. The van der Waals surface area contributed by atoms with Crippen molar-refractivity contribution in [2.24, 2.45) is 0 Å². The molecule has 0 spiro atoms. The Morgan fingerprint density at radius 2 is 1.68 bits per heavy atom. The van der Waals surface area contributed by atoms with Crippen molar-refractivity contribution in [3.8, 4) is 23.0 Å². The van der Waals surface area contributed by atoms with Gasteiger partial charge < -0.3 is 29.4 Å². The molecule has 0 unspecified atom stereocenters. The molecule has 2 aromatic carbocycles. The van der Waals surface area contributed by atoms with Gasteiger partial charge in [-0.3, -0.25) is 9.59 Å². The van der Waals surface area contributed by atoms with E-state index in [4.69, 9.17) is 18.9 Å². The number of amides is 1. The maximum atomic E-state index is 13.0. The summed E-state index contributed by atoms with van der Waals surface area (Å²) >= 11 is 0. The third-order valence-corrected chi connectivity index (χ3v) is 4.68. The smallest absolute Gasteiger partial charge is 0.305 e. The molecule has 0 aliphatic heterocycles. The van der Waals surface area contributed by atoms with Crippen LogP contribution in [0.2, 0.25) is 0 Å². The van der Waals surface area contributed by atoms with Crippen LogP contribution in [0.4, 0.5) is 0 Å². The molecule has 2 N–H and O–H groups in total. The number of carbonyl (C=O) groups is 2. The molecule has 0 aliphatic rings. The molecular weight excluding hydrogens is 402 g/mol. The standard InChI is InChI=1S/C23H27NO7/c1-6-7-15-10-16(12-20(30-4)22(15)31-5)23(27)24-17(13-21(25)26)14-8-9-18(28-2)19(11-14)29-3/h6,8-12,17H,1,7,13H2,2-5H3,(H,24,27)(H,25,26)/t17-/m0/s1. The molecule has 0 radical (unpaired) electrons. The van der Waals surface area contributed by atoms with Crippen molar-refractivity contribution in [3.05, 3.63) is 59.7 Å². The first-order chi connectivity index (χ1) is 14.9. The van der Waals surface area contributed by atoms with E-state index in [1.54, 1.807) is 36.4 Å². The van der Waals surface area contributed by atoms with E-state index in [0.717, 1.165) is 5.56 Å². The summed E-state index contributed by atoms with van der Waals surface area (Å²) in [5.41, 5.74) is 1.61. The number of hydrogen-bond donors (Lipinski definition) is 2. The number of allylic oxidation sites excluding steroid dienone is 1. The van der Waals surface area contributed by atoms with Crippen molar-refractivity contribution in [2.45, 2.75) is 18.9 Å². The normalized spacial score (nSPS) is 11.2. The van der Waals surface area contributed by atoms with Crippen molar-refractivity contribution >= 4 is 11.9 Å². The highest BCUT2D eigenvalue weighted by Gasteiger charge is 2.22. The minimum absolute atomic E-state index is 0.311. The van der Waals surface area contributed by atoms with Gasteiger partial charge in [-0.1, -0.05) is 12.1 Å². The van der Waals surface area contributed by atoms with Crippen molar-refractivity contribution in [2.75, 3.05) is 28.4 Å². The summed E-state index contributed by atoms with van der Waals surface area (Å²) in [4.78, 5) is 24.5. The highest BCUT2D eigenvalue weighted by atomic mass is 16.5. The maximum absolute atomic E-state index is 13.0. The Morgan fingerprint density at radius 1 is 1.00 bits per heavy atom. The predicted molar refractivity (Wildman–Crippen MR) is 115 cm³/mol. The van der Waals surface area contributed by atoms with Crippen molar-refractivity contribution in [1.29, 1.82) is 0 Å². The molecule has 31 heavy (non-hydrogen) atoms. The third kappa shape index (κ3) is 5.69. The summed E-state index contributed by atoms with van der Waals surface area (Å²) in [6, 6.07) is 7.42. The number of methoxy groups -OCH3 is 4. The minimum atomic E-state index is -1.06. The summed E-state index contributed by atoms with van der Waals surface area (Å²) < 4.78 is 21.3. The molecule has 8 heteroatoms. The fraction of sp³-hybridized carbons (Fsp3) is 0.304. The summed E-state index contributed by atoms with van der Waals surface area (Å²) in [5, 5.41) is 12.2. The van der Waals surface area contributed by atoms with Crippen LogP contribution in [-0.2, 0) is 11.2 Å². The Labute approximate surface area is 181 Å². The molecule has 0 bridgehead atoms. The van der Waals surface area contributed by atoms with Crippen LogP contribution < -0.4 is 24.3 Å². The zero-order chi connectivity index (χ0) is 23.0. The van der Waals surface area contributed by atoms with Gasteiger partial charge in [0.25, 0.3) is 5.91 Å². The number of carboxylic acid groups (broad SMARTS) is 1. The fourth-order valence-electron chi connectivity index (χ4n) is 3.22. The Morgan fingerprint density at radius 3 is 2.23 bits per heavy atom. The lowest BCUT2D eigenvalue weighted by molar-refractivity contribution is -0.137. The first-order valence-electron chi connectivity index (χ1n) is 9.48. The number of ether oxygens (including phenoxy) is 4. The minimum Gasteiger partial charge on any atom is -0.493 e. The second-order valence-electron chi connectivity index (χ2n) is 6.60. The van der Waals surface area contributed by atoms with Crippen LogP contribution in [-0.4, -0.2) is 45.4 Å². The summed E-state index contributed by atoms with van der Waals surface area (Å²) in [6.45, 7) is 3.73. The Kier molecular flexibility index (Phi) is 8.31. The molecule has 8 nitrogen and oxygen atoms in total. The molecule has 0 aromatic heterocycles. The zero-order valence-corrected chi connectivity index (χ0v) is 18.1. The topological polar surface area (TPSA) is 103 Å². The number of aliphatic carboxylic acids is 1. The second kappa shape index (κ2) is 10.9. The van der Waals surface area contributed by atoms with Gasteiger partial charge in [0.2, 0.25) is 0 Å². The van der Waals surface area contributed by atoms with Crippen LogP contribution in [0.1, 0.15) is 33.9 Å². The summed E-state index contributed by atoms with van der Waals surface area (Å²) in [6.07, 6.45) is 1.85. The molecule has 1 atom stereocenters. The van der Waals surface area contributed by atoms with Gasteiger partial charge in [0.05, 0.1) is 40.9 Å². The van der Waals surface area contributed by atoms with Gasteiger partial charge in [-0.25, -0.2) is 0 Å². The van der Waals surface area contributed by atoms with Gasteiger partial charge in [0.15, 0.2) is 23.0 Å². The van der Waals surface area contributed by atoms with Gasteiger partial charge >= 0.3 is 5.97 Å². The predicted octanol–water partition coefficient (Wildman–Crippen LogP) is 3.40. The molecule has 0 saturated heterocycles. The van der Waals surface area contributed by atoms with E-state index in [9.17, 15) is 14.7 Å². The Hall–Kier alpha value is -3.68. The van der Waals surface area contributed by atoms with Crippen LogP contribution >= 0.6 is 0 Å². The number of rotatable bonds is 11. The van der Waals surface area contributed by atoms with Gasteiger partial charge in [-0.2, -0.15) is 0 Å². The summed E-state index contributed by atoms with van der Waals surface area (Å²) in [5.74, 6) is 0.338. The molecular formula is C23H27NO7. The van der Waals surface area contributed by atoms with Gasteiger partial charge in [-0.05, 0) is 36.2 Å². The average Bonchev–Trinajstić information content (AvgIpc) is 2.77.